The maximum absolute atomic E-state index is 12.0. The smallest absolute Gasteiger partial charge is 0.257 e. The quantitative estimate of drug-likeness (QED) is 0.842. The van der Waals surface area contributed by atoms with Crippen LogP contribution in [-0.4, -0.2) is 32.0 Å². The van der Waals surface area contributed by atoms with Crippen molar-refractivity contribution in [3.63, 3.8) is 0 Å². The van der Waals surface area contributed by atoms with Gasteiger partial charge in [0.2, 0.25) is 0 Å². The molecule has 1 N–H and O–H groups in total. The van der Waals surface area contributed by atoms with Crippen molar-refractivity contribution in [1.82, 2.24) is 5.32 Å². The van der Waals surface area contributed by atoms with Crippen LogP contribution in [0.15, 0.2) is 42.5 Å². The van der Waals surface area contributed by atoms with E-state index in [1.807, 2.05) is 30.3 Å². The molecule has 0 bridgehead atoms. The van der Waals surface area contributed by atoms with Crippen molar-refractivity contribution >= 4 is 11.7 Å². The number of carbonyl (C=O) groups excluding carboxylic acids is 2. The molecule has 5 heteroatoms. The molecular weight excluding hydrogens is 318 g/mol. The molecule has 1 aliphatic rings. The molecule has 3 rings (SSSR count). The molecule has 0 unspecified atom stereocenters. The van der Waals surface area contributed by atoms with E-state index in [9.17, 15) is 9.59 Å². The zero-order chi connectivity index (χ0) is 17.6. The Bertz CT molecular complexity index is 785. The van der Waals surface area contributed by atoms with Crippen molar-refractivity contribution in [1.29, 1.82) is 0 Å². The van der Waals surface area contributed by atoms with Crippen LogP contribution in [0.4, 0.5) is 0 Å². The molecule has 0 saturated heterocycles. The molecule has 130 valence electrons. The Morgan fingerprint density at radius 3 is 2.72 bits per heavy atom. The molecule has 0 heterocycles. The van der Waals surface area contributed by atoms with E-state index >= 15 is 0 Å². The molecule has 0 spiro atoms. The second-order valence-corrected chi connectivity index (χ2v) is 5.91. The van der Waals surface area contributed by atoms with Gasteiger partial charge in [0.25, 0.3) is 5.91 Å². The second-order valence-electron chi connectivity index (χ2n) is 5.91. The topological polar surface area (TPSA) is 64.6 Å². The highest BCUT2D eigenvalue weighted by atomic mass is 16.5. The Hall–Kier alpha value is -2.82. The minimum atomic E-state index is -0.183. The lowest BCUT2D eigenvalue weighted by molar-refractivity contribution is -0.123. The number of methoxy groups -OCH3 is 1. The lowest BCUT2D eigenvalue weighted by atomic mass is 10.1. The minimum Gasteiger partial charge on any atom is -0.496 e. The average molecular weight is 339 g/mol. The summed E-state index contributed by atoms with van der Waals surface area (Å²) in [6.07, 6.45) is 1.88. The van der Waals surface area contributed by atoms with Gasteiger partial charge in [-0.2, -0.15) is 0 Å². The van der Waals surface area contributed by atoms with Gasteiger partial charge < -0.3 is 14.8 Å². The first kappa shape index (κ1) is 17.0. The van der Waals surface area contributed by atoms with Crippen molar-refractivity contribution in [2.24, 2.45) is 0 Å². The average Bonchev–Trinajstić information content (AvgIpc) is 3.02. The molecular formula is C20H21NO4. The predicted octanol–water partition coefficient (Wildman–Crippen LogP) is 2.56. The molecule has 5 nitrogen and oxygen atoms in total. The van der Waals surface area contributed by atoms with E-state index in [1.54, 1.807) is 19.2 Å². The largest absolute Gasteiger partial charge is 0.496 e. The van der Waals surface area contributed by atoms with Crippen LogP contribution in [0.1, 0.15) is 27.9 Å². The van der Waals surface area contributed by atoms with E-state index in [4.69, 9.17) is 9.47 Å². The third-order valence-electron chi connectivity index (χ3n) is 4.30. The summed E-state index contributed by atoms with van der Waals surface area (Å²) in [6, 6.07) is 13.1. The van der Waals surface area contributed by atoms with Gasteiger partial charge in [0, 0.05) is 24.1 Å². The number of para-hydroxylation sites is 1. The highest BCUT2D eigenvalue weighted by Gasteiger charge is 2.22. The lowest BCUT2D eigenvalue weighted by Gasteiger charge is -2.11. The number of nitrogens with one attached hydrogen (secondary N) is 1. The Kier molecular flexibility index (Phi) is 5.33. The third-order valence-corrected chi connectivity index (χ3v) is 4.30. The number of ether oxygens (including phenoxy) is 2. The molecule has 0 radical (unpaired) electrons. The summed E-state index contributed by atoms with van der Waals surface area (Å²) < 4.78 is 10.9. The van der Waals surface area contributed by atoms with E-state index in [0.29, 0.717) is 37.1 Å². The highest BCUT2D eigenvalue weighted by Crippen LogP contribution is 2.30. The normalized spacial score (nSPS) is 12.6. The molecule has 0 aromatic heterocycles. The molecule has 0 saturated carbocycles. The fourth-order valence-corrected chi connectivity index (χ4v) is 3.03. The molecule has 0 atom stereocenters. The maximum atomic E-state index is 12.0. The Morgan fingerprint density at radius 2 is 1.88 bits per heavy atom. The van der Waals surface area contributed by atoms with Crippen LogP contribution in [0.5, 0.6) is 11.5 Å². The van der Waals surface area contributed by atoms with E-state index in [0.717, 1.165) is 16.9 Å². The fraction of sp³-hybridized carbons (Fsp3) is 0.300. The second kappa shape index (κ2) is 7.83. The van der Waals surface area contributed by atoms with Crippen molar-refractivity contribution in [3.8, 4) is 11.5 Å². The number of Topliss-reactive ketones (excluding diaryl/α,β-unsaturated/α-hetero) is 1. The van der Waals surface area contributed by atoms with Crippen LogP contribution in [0.2, 0.25) is 0 Å². The van der Waals surface area contributed by atoms with Gasteiger partial charge in [-0.25, -0.2) is 0 Å². The minimum absolute atomic E-state index is 0.0590. The molecule has 0 aliphatic heterocycles. The number of benzene rings is 2. The monoisotopic (exact) mass is 339 g/mol. The van der Waals surface area contributed by atoms with Gasteiger partial charge in [-0.3, -0.25) is 9.59 Å². The van der Waals surface area contributed by atoms with Gasteiger partial charge in [0.05, 0.1) is 7.11 Å². The molecule has 25 heavy (non-hydrogen) atoms. The first-order chi connectivity index (χ1) is 12.2. The standard InChI is InChI=1S/C20H21NO4/c1-24-18-7-3-2-5-14(18)11-12-21-20(23)13-25-19-8-4-6-15-16(19)9-10-17(15)22/h2-8H,9-13H2,1H3,(H,21,23). The number of rotatable bonds is 7. The lowest BCUT2D eigenvalue weighted by Crippen LogP contribution is -2.30. The Balaban J connectivity index is 1.49. The van der Waals surface area contributed by atoms with Crippen LogP contribution in [0.3, 0.4) is 0 Å². The van der Waals surface area contributed by atoms with E-state index in [1.165, 1.54) is 0 Å². The molecule has 1 aliphatic carbocycles. The summed E-state index contributed by atoms with van der Waals surface area (Å²) in [5.74, 6) is 1.40. The third kappa shape index (κ3) is 3.99. The van der Waals surface area contributed by atoms with Crippen molar-refractivity contribution in [2.45, 2.75) is 19.3 Å². The molecule has 0 fully saturated rings. The first-order valence-corrected chi connectivity index (χ1v) is 8.35. The van der Waals surface area contributed by atoms with Crippen LogP contribution in [0, 0.1) is 0 Å². The zero-order valence-electron chi connectivity index (χ0n) is 14.2. The van der Waals surface area contributed by atoms with Crippen LogP contribution < -0.4 is 14.8 Å². The highest BCUT2D eigenvalue weighted by molar-refractivity contribution is 6.01. The number of ketones is 1. The van der Waals surface area contributed by atoms with Crippen LogP contribution in [0.25, 0.3) is 0 Å². The van der Waals surface area contributed by atoms with Gasteiger partial charge in [0.15, 0.2) is 12.4 Å². The SMILES string of the molecule is COc1ccccc1CCNC(=O)COc1cccc2c1CCC2=O. The Morgan fingerprint density at radius 1 is 1.08 bits per heavy atom. The van der Waals surface area contributed by atoms with Crippen molar-refractivity contribution < 1.29 is 19.1 Å². The van der Waals surface area contributed by atoms with Gasteiger partial charge >= 0.3 is 0 Å². The van der Waals surface area contributed by atoms with Gasteiger partial charge in [-0.1, -0.05) is 30.3 Å². The molecule has 2 aromatic rings. The summed E-state index contributed by atoms with van der Waals surface area (Å²) in [7, 11) is 1.63. The zero-order valence-corrected chi connectivity index (χ0v) is 14.2. The predicted molar refractivity (Wildman–Crippen MR) is 94.3 cm³/mol. The van der Waals surface area contributed by atoms with Gasteiger partial charge in [-0.15, -0.1) is 0 Å². The van der Waals surface area contributed by atoms with E-state index in [2.05, 4.69) is 5.32 Å². The number of amides is 1. The number of hydrogen-bond donors (Lipinski definition) is 1. The summed E-state index contributed by atoms with van der Waals surface area (Å²) >= 11 is 0. The first-order valence-electron chi connectivity index (χ1n) is 8.35. The summed E-state index contributed by atoms with van der Waals surface area (Å²) in [5, 5.41) is 2.84. The fourth-order valence-electron chi connectivity index (χ4n) is 3.03. The van der Waals surface area contributed by atoms with E-state index in [-0.39, 0.29) is 18.3 Å². The summed E-state index contributed by atoms with van der Waals surface area (Å²) in [4.78, 5) is 23.7. The molecule has 2 aromatic carbocycles. The van der Waals surface area contributed by atoms with Crippen LogP contribution in [-0.2, 0) is 17.6 Å². The maximum Gasteiger partial charge on any atom is 0.257 e. The van der Waals surface area contributed by atoms with E-state index < -0.39 is 0 Å². The molecule has 1 amide bonds. The Labute approximate surface area is 147 Å². The van der Waals surface area contributed by atoms with Gasteiger partial charge in [-0.05, 0) is 30.5 Å². The van der Waals surface area contributed by atoms with Crippen molar-refractivity contribution in [3.05, 3.63) is 59.2 Å². The summed E-state index contributed by atoms with van der Waals surface area (Å²) in [6.45, 7) is 0.449. The number of carbonyl (C=O) groups is 2. The van der Waals surface area contributed by atoms with Gasteiger partial charge in [0.1, 0.15) is 11.5 Å². The number of hydrogen-bond acceptors (Lipinski definition) is 4. The van der Waals surface area contributed by atoms with Crippen molar-refractivity contribution in [2.75, 3.05) is 20.3 Å². The summed E-state index contributed by atoms with van der Waals surface area (Å²) in [5.41, 5.74) is 2.68. The number of fused-ring (bicyclic) bond motifs is 1. The van der Waals surface area contributed by atoms with Crippen LogP contribution >= 0.6 is 0 Å².